The number of nitrogens with two attached hydrogens (primary N) is 1. The van der Waals surface area contributed by atoms with Crippen LogP contribution in [0, 0.1) is 5.92 Å². The molecule has 1 saturated carbocycles. The van der Waals surface area contributed by atoms with Crippen molar-refractivity contribution in [2.45, 2.75) is 44.2 Å². The summed E-state index contributed by atoms with van der Waals surface area (Å²) in [5.74, 6) is 0.664. The van der Waals surface area contributed by atoms with Crippen LogP contribution in [0.1, 0.15) is 43.0 Å². The Labute approximate surface area is 108 Å². The number of thiophene rings is 1. The van der Waals surface area contributed by atoms with E-state index in [1.54, 1.807) is 0 Å². The van der Waals surface area contributed by atoms with Crippen molar-refractivity contribution in [2.75, 3.05) is 13.1 Å². The van der Waals surface area contributed by atoms with E-state index >= 15 is 0 Å². The van der Waals surface area contributed by atoms with Gasteiger partial charge >= 0.3 is 0 Å². The van der Waals surface area contributed by atoms with E-state index in [1.165, 1.54) is 43.5 Å². The van der Waals surface area contributed by atoms with E-state index in [0.29, 0.717) is 12.0 Å². The normalized spacial score (nSPS) is 31.4. The number of rotatable bonds is 3. The number of hydrogen-bond acceptors (Lipinski definition) is 3. The molecule has 1 aliphatic carbocycles. The second-order valence-electron chi connectivity index (χ2n) is 5.42. The predicted octanol–water partition coefficient (Wildman–Crippen LogP) is 3.01. The molecule has 2 nitrogen and oxygen atoms in total. The van der Waals surface area contributed by atoms with Crippen LogP contribution in [0.25, 0.3) is 0 Å². The van der Waals surface area contributed by atoms with E-state index in [1.807, 2.05) is 11.3 Å². The number of likely N-dealkylation sites (tertiary alicyclic amines) is 1. The van der Waals surface area contributed by atoms with Gasteiger partial charge in [0.05, 0.1) is 0 Å². The molecule has 2 N–H and O–H groups in total. The molecule has 0 aromatic carbocycles. The summed E-state index contributed by atoms with van der Waals surface area (Å²) in [6, 6.07) is 5.95. The molecule has 2 atom stereocenters. The predicted molar refractivity (Wildman–Crippen MR) is 73.2 cm³/mol. The minimum Gasteiger partial charge on any atom is -0.330 e. The van der Waals surface area contributed by atoms with Crippen LogP contribution in [-0.4, -0.2) is 24.0 Å². The third-order valence-electron chi connectivity index (χ3n) is 4.20. The van der Waals surface area contributed by atoms with Gasteiger partial charge in [-0.25, -0.2) is 0 Å². The Morgan fingerprint density at radius 2 is 2.18 bits per heavy atom. The van der Waals surface area contributed by atoms with Crippen LogP contribution >= 0.6 is 11.3 Å². The molecular weight excluding hydrogens is 228 g/mol. The molecule has 1 aromatic rings. The fourth-order valence-electron chi connectivity index (χ4n) is 3.19. The summed E-state index contributed by atoms with van der Waals surface area (Å²) in [7, 11) is 0. The molecule has 94 valence electrons. The van der Waals surface area contributed by atoms with Gasteiger partial charge in [0.15, 0.2) is 0 Å². The smallest absolute Gasteiger partial charge is 0.0484 e. The average Bonchev–Trinajstić information content (AvgIpc) is 3.09. The maximum absolute atomic E-state index is 6.03. The molecule has 1 saturated heterocycles. The lowest BCUT2D eigenvalue weighted by Gasteiger charge is -2.34. The fourth-order valence-corrected chi connectivity index (χ4v) is 4.13. The van der Waals surface area contributed by atoms with Crippen molar-refractivity contribution in [3.63, 3.8) is 0 Å². The Balaban J connectivity index is 1.88. The standard InChI is InChI=1S/C14H22N2S/c15-10-11-4-1-2-8-16(12-6-7-12)14(11)13-5-3-9-17-13/h3,5,9,11-12,14H,1-2,4,6-8,10,15H2. The summed E-state index contributed by atoms with van der Waals surface area (Å²) in [5, 5.41) is 2.21. The highest BCUT2D eigenvalue weighted by Crippen LogP contribution is 2.42. The zero-order valence-electron chi connectivity index (χ0n) is 10.3. The van der Waals surface area contributed by atoms with Gasteiger partial charge in [0.2, 0.25) is 0 Å². The zero-order valence-corrected chi connectivity index (χ0v) is 11.2. The molecule has 2 aliphatic rings. The van der Waals surface area contributed by atoms with E-state index in [9.17, 15) is 0 Å². The molecule has 3 rings (SSSR count). The summed E-state index contributed by atoms with van der Waals surface area (Å²) in [6.07, 6.45) is 6.82. The van der Waals surface area contributed by atoms with E-state index < -0.39 is 0 Å². The molecule has 0 radical (unpaired) electrons. The Hall–Kier alpha value is -0.380. The summed E-state index contributed by atoms with van der Waals surface area (Å²) >= 11 is 1.91. The molecule has 0 spiro atoms. The third kappa shape index (κ3) is 2.42. The molecule has 0 bridgehead atoms. The maximum atomic E-state index is 6.03. The van der Waals surface area contributed by atoms with Gasteiger partial charge in [-0.1, -0.05) is 12.5 Å². The first-order chi connectivity index (χ1) is 8.40. The Bertz CT molecular complexity index is 345. The highest BCUT2D eigenvalue weighted by molar-refractivity contribution is 7.10. The van der Waals surface area contributed by atoms with Gasteiger partial charge in [-0.15, -0.1) is 11.3 Å². The molecule has 17 heavy (non-hydrogen) atoms. The minimum absolute atomic E-state index is 0.606. The van der Waals surface area contributed by atoms with Crippen molar-refractivity contribution in [1.82, 2.24) is 4.90 Å². The summed E-state index contributed by atoms with van der Waals surface area (Å²) in [5.41, 5.74) is 6.03. The zero-order chi connectivity index (χ0) is 11.7. The van der Waals surface area contributed by atoms with Crippen molar-refractivity contribution in [3.05, 3.63) is 22.4 Å². The lowest BCUT2D eigenvalue weighted by Crippen LogP contribution is -2.36. The number of nitrogens with zero attached hydrogens (tertiary/aromatic N) is 1. The van der Waals surface area contributed by atoms with Gasteiger partial charge in [-0.3, -0.25) is 4.90 Å². The van der Waals surface area contributed by atoms with Crippen molar-refractivity contribution in [3.8, 4) is 0 Å². The highest BCUT2D eigenvalue weighted by Gasteiger charge is 2.39. The Morgan fingerprint density at radius 3 is 2.82 bits per heavy atom. The van der Waals surface area contributed by atoms with Gasteiger partial charge in [0.1, 0.15) is 0 Å². The molecule has 0 amide bonds. The maximum Gasteiger partial charge on any atom is 0.0484 e. The van der Waals surface area contributed by atoms with Crippen LogP contribution in [0.4, 0.5) is 0 Å². The first-order valence-electron chi connectivity index (χ1n) is 6.89. The fraction of sp³-hybridized carbons (Fsp3) is 0.714. The van der Waals surface area contributed by atoms with Crippen LogP contribution in [0.2, 0.25) is 0 Å². The van der Waals surface area contributed by atoms with E-state index in [-0.39, 0.29) is 0 Å². The molecular formula is C14H22N2S. The van der Waals surface area contributed by atoms with Gasteiger partial charge < -0.3 is 5.73 Å². The molecule has 1 aromatic heterocycles. The molecule has 2 heterocycles. The van der Waals surface area contributed by atoms with Gasteiger partial charge in [0, 0.05) is 17.0 Å². The second kappa shape index (κ2) is 5.09. The van der Waals surface area contributed by atoms with Crippen molar-refractivity contribution in [1.29, 1.82) is 0 Å². The van der Waals surface area contributed by atoms with Crippen molar-refractivity contribution in [2.24, 2.45) is 11.7 Å². The van der Waals surface area contributed by atoms with Crippen molar-refractivity contribution >= 4 is 11.3 Å². The molecule has 1 aliphatic heterocycles. The highest BCUT2D eigenvalue weighted by atomic mass is 32.1. The molecule has 2 unspecified atom stereocenters. The lowest BCUT2D eigenvalue weighted by atomic mass is 9.93. The SMILES string of the molecule is NCC1CCCCN(C2CC2)C1c1cccs1. The van der Waals surface area contributed by atoms with Gasteiger partial charge in [0.25, 0.3) is 0 Å². The topological polar surface area (TPSA) is 29.3 Å². The Morgan fingerprint density at radius 1 is 1.29 bits per heavy atom. The van der Waals surface area contributed by atoms with E-state index in [2.05, 4.69) is 22.4 Å². The van der Waals surface area contributed by atoms with Gasteiger partial charge in [-0.2, -0.15) is 0 Å². The lowest BCUT2D eigenvalue weighted by molar-refractivity contribution is 0.152. The largest absolute Gasteiger partial charge is 0.330 e. The van der Waals surface area contributed by atoms with E-state index in [4.69, 9.17) is 5.73 Å². The van der Waals surface area contributed by atoms with E-state index in [0.717, 1.165) is 12.6 Å². The van der Waals surface area contributed by atoms with Crippen LogP contribution in [0.3, 0.4) is 0 Å². The summed E-state index contributed by atoms with van der Waals surface area (Å²) in [6.45, 7) is 2.12. The second-order valence-corrected chi connectivity index (χ2v) is 6.40. The van der Waals surface area contributed by atoms with Crippen LogP contribution in [0.5, 0.6) is 0 Å². The number of hydrogen-bond donors (Lipinski definition) is 1. The van der Waals surface area contributed by atoms with Crippen LogP contribution in [-0.2, 0) is 0 Å². The Kier molecular flexibility index (Phi) is 3.50. The summed E-state index contributed by atoms with van der Waals surface area (Å²) < 4.78 is 0. The monoisotopic (exact) mass is 250 g/mol. The van der Waals surface area contributed by atoms with Crippen LogP contribution in [0.15, 0.2) is 17.5 Å². The van der Waals surface area contributed by atoms with Gasteiger partial charge in [-0.05, 0) is 56.1 Å². The molecule has 3 heteroatoms. The van der Waals surface area contributed by atoms with Crippen molar-refractivity contribution < 1.29 is 0 Å². The first-order valence-corrected chi connectivity index (χ1v) is 7.77. The van der Waals surface area contributed by atoms with Crippen LogP contribution < -0.4 is 5.73 Å². The summed E-state index contributed by atoms with van der Waals surface area (Å²) in [4.78, 5) is 4.30. The molecule has 2 fully saturated rings. The third-order valence-corrected chi connectivity index (χ3v) is 5.14. The minimum atomic E-state index is 0.606. The first kappa shape index (κ1) is 11.7. The quantitative estimate of drug-likeness (QED) is 0.893. The average molecular weight is 250 g/mol.